The SMILES string of the molecule is CC(C)[NH+]1CCc2c(sc3c2C(=O)N[C@@H](c2cccc(Br)c2)N3)C1. The summed E-state index contributed by atoms with van der Waals surface area (Å²) in [6, 6.07) is 8.68. The summed E-state index contributed by atoms with van der Waals surface area (Å²) < 4.78 is 1.02. The van der Waals surface area contributed by atoms with Crippen molar-refractivity contribution in [2.24, 2.45) is 0 Å². The minimum Gasteiger partial charge on any atom is -0.353 e. The van der Waals surface area contributed by atoms with E-state index in [4.69, 9.17) is 0 Å². The van der Waals surface area contributed by atoms with Gasteiger partial charge in [0.2, 0.25) is 0 Å². The van der Waals surface area contributed by atoms with Gasteiger partial charge in [-0.1, -0.05) is 28.1 Å². The summed E-state index contributed by atoms with van der Waals surface area (Å²) in [7, 11) is 0. The molecule has 1 aromatic heterocycles. The molecule has 0 fully saturated rings. The molecule has 1 unspecified atom stereocenters. The molecule has 0 saturated heterocycles. The topological polar surface area (TPSA) is 45.6 Å². The quantitative estimate of drug-likeness (QED) is 0.717. The first-order valence-electron chi connectivity index (χ1n) is 8.35. The molecule has 126 valence electrons. The highest BCUT2D eigenvalue weighted by atomic mass is 79.9. The second-order valence-electron chi connectivity index (χ2n) is 6.80. The van der Waals surface area contributed by atoms with Crippen LogP contribution < -0.4 is 15.5 Å². The number of rotatable bonds is 2. The van der Waals surface area contributed by atoms with E-state index < -0.39 is 0 Å². The fraction of sp³-hybridized carbons (Fsp3) is 0.389. The van der Waals surface area contributed by atoms with Gasteiger partial charge in [-0.25, -0.2) is 0 Å². The summed E-state index contributed by atoms with van der Waals surface area (Å²) in [6.45, 7) is 6.67. The number of halogens is 1. The normalized spacial score (nSPS) is 22.6. The molecule has 1 aromatic carbocycles. The van der Waals surface area contributed by atoms with Gasteiger partial charge in [0.05, 0.1) is 23.0 Å². The van der Waals surface area contributed by atoms with Crippen LogP contribution in [0.5, 0.6) is 0 Å². The van der Waals surface area contributed by atoms with E-state index in [9.17, 15) is 4.79 Å². The molecule has 3 heterocycles. The summed E-state index contributed by atoms with van der Waals surface area (Å²) in [6.07, 6.45) is 0.821. The number of anilines is 1. The van der Waals surface area contributed by atoms with Gasteiger partial charge in [0.1, 0.15) is 17.7 Å². The van der Waals surface area contributed by atoms with E-state index in [0.717, 1.165) is 40.1 Å². The molecule has 24 heavy (non-hydrogen) atoms. The Hall–Kier alpha value is -1.37. The van der Waals surface area contributed by atoms with Gasteiger partial charge in [-0.2, -0.15) is 0 Å². The molecule has 3 N–H and O–H groups in total. The third-order valence-electron chi connectivity index (χ3n) is 4.95. The van der Waals surface area contributed by atoms with Crippen molar-refractivity contribution in [1.82, 2.24) is 5.32 Å². The zero-order valence-electron chi connectivity index (χ0n) is 13.8. The summed E-state index contributed by atoms with van der Waals surface area (Å²) in [4.78, 5) is 15.7. The number of carbonyl (C=O) groups excluding carboxylic acids is 1. The number of hydrogen-bond acceptors (Lipinski definition) is 3. The minimum absolute atomic E-state index is 0.0548. The van der Waals surface area contributed by atoms with E-state index >= 15 is 0 Å². The van der Waals surface area contributed by atoms with Gasteiger partial charge in [0.15, 0.2) is 0 Å². The van der Waals surface area contributed by atoms with E-state index in [2.05, 4.69) is 40.4 Å². The molecule has 2 aliphatic heterocycles. The maximum Gasteiger partial charge on any atom is 0.256 e. The minimum atomic E-state index is -0.170. The molecule has 2 aromatic rings. The van der Waals surface area contributed by atoms with Gasteiger partial charge >= 0.3 is 0 Å². The number of nitrogens with one attached hydrogen (secondary N) is 3. The van der Waals surface area contributed by atoms with E-state index in [0.29, 0.717) is 6.04 Å². The lowest BCUT2D eigenvalue weighted by atomic mass is 9.99. The molecule has 6 heteroatoms. The van der Waals surface area contributed by atoms with Gasteiger partial charge in [-0.15, -0.1) is 11.3 Å². The van der Waals surface area contributed by atoms with Gasteiger partial charge < -0.3 is 15.5 Å². The van der Waals surface area contributed by atoms with Crippen LogP contribution in [0.3, 0.4) is 0 Å². The molecule has 0 bridgehead atoms. The van der Waals surface area contributed by atoms with Crippen LogP contribution in [0.2, 0.25) is 0 Å². The second kappa shape index (κ2) is 6.17. The lowest BCUT2D eigenvalue weighted by Crippen LogP contribution is -3.14. The number of benzene rings is 1. The molecule has 4 nitrogen and oxygen atoms in total. The van der Waals surface area contributed by atoms with Crippen molar-refractivity contribution in [1.29, 1.82) is 0 Å². The Labute approximate surface area is 154 Å². The monoisotopic (exact) mass is 406 g/mol. The molecular weight excluding hydrogens is 386 g/mol. The van der Waals surface area contributed by atoms with Crippen LogP contribution in [-0.4, -0.2) is 18.5 Å². The number of fused-ring (bicyclic) bond motifs is 3. The lowest BCUT2D eigenvalue weighted by Gasteiger charge is -2.28. The Morgan fingerprint density at radius 2 is 2.17 bits per heavy atom. The van der Waals surface area contributed by atoms with Crippen molar-refractivity contribution in [3.05, 3.63) is 50.3 Å². The highest BCUT2D eigenvalue weighted by molar-refractivity contribution is 9.10. The summed E-state index contributed by atoms with van der Waals surface area (Å²) in [5, 5.41) is 7.67. The molecule has 2 aliphatic rings. The zero-order valence-corrected chi connectivity index (χ0v) is 16.2. The summed E-state index contributed by atoms with van der Waals surface area (Å²) in [5.41, 5.74) is 3.20. The van der Waals surface area contributed by atoms with Crippen LogP contribution in [-0.2, 0) is 13.0 Å². The lowest BCUT2D eigenvalue weighted by molar-refractivity contribution is -0.936. The predicted molar refractivity (Wildman–Crippen MR) is 101 cm³/mol. The van der Waals surface area contributed by atoms with Crippen molar-refractivity contribution < 1.29 is 9.69 Å². The molecule has 4 rings (SSSR count). The molecule has 1 amide bonds. The highest BCUT2D eigenvalue weighted by Gasteiger charge is 2.35. The fourth-order valence-corrected chi connectivity index (χ4v) is 5.30. The first kappa shape index (κ1) is 16.1. The van der Waals surface area contributed by atoms with Gasteiger partial charge in [0.25, 0.3) is 5.91 Å². The van der Waals surface area contributed by atoms with Gasteiger partial charge in [-0.3, -0.25) is 4.79 Å². The number of amides is 1. The third kappa shape index (κ3) is 2.76. The average Bonchev–Trinajstić information content (AvgIpc) is 2.92. The van der Waals surface area contributed by atoms with Crippen LogP contribution in [0.15, 0.2) is 28.7 Å². The molecule has 2 atom stereocenters. The zero-order chi connectivity index (χ0) is 16.8. The van der Waals surface area contributed by atoms with Crippen molar-refractivity contribution in [2.45, 2.75) is 39.0 Å². The van der Waals surface area contributed by atoms with Crippen LogP contribution >= 0.6 is 27.3 Å². The predicted octanol–water partition coefficient (Wildman–Crippen LogP) is 2.71. The van der Waals surface area contributed by atoms with E-state index in [1.807, 2.05) is 24.3 Å². The van der Waals surface area contributed by atoms with Crippen LogP contribution in [0.4, 0.5) is 5.00 Å². The Bertz CT molecular complexity index is 802. The molecule has 0 radical (unpaired) electrons. The van der Waals surface area contributed by atoms with Crippen molar-refractivity contribution >= 4 is 38.2 Å². The molecular formula is C18H21BrN3OS+. The molecule has 0 saturated carbocycles. The van der Waals surface area contributed by atoms with E-state index in [-0.39, 0.29) is 12.1 Å². The third-order valence-corrected chi connectivity index (χ3v) is 6.61. The smallest absolute Gasteiger partial charge is 0.256 e. The highest BCUT2D eigenvalue weighted by Crippen LogP contribution is 2.39. The number of quaternary nitrogens is 1. The first-order chi connectivity index (χ1) is 11.5. The van der Waals surface area contributed by atoms with Crippen molar-refractivity contribution in [2.75, 3.05) is 11.9 Å². The van der Waals surface area contributed by atoms with E-state index in [1.165, 1.54) is 10.4 Å². The Morgan fingerprint density at radius 3 is 2.92 bits per heavy atom. The fourth-order valence-electron chi connectivity index (χ4n) is 3.56. The molecule has 0 aliphatic carbocycles. The van der Waals surface area contributed by atoms with Crippen molar-refractivity contribution in [3.8, 4) is 0 Å². The number of hydrogen-bond donors (Lipinski definition) is 3. The second-order valence-corrected chi connectivity index (χ2v) is 8.82. The van der Waals surface area contributed by atoms with Crippen LogP contribution in [0, 0.1) is 0 Å². The maximum atomic E-state index is 12.7. The largest absolute Gasteiger partial charge is 0.353 e. The standard InChI is InChI=1S/C18H20BrN3OS/c1-10(2)22-7-6-13-14(9-22)24-18-15(13)17(23)20-16(21-18)11-4-3-5-12(19)8-11/h3-5,8,10,16,21H,6-7,9H2,1-2H3,(H,20,23)/p+1/t16-/m1/s1. The Kier molecular flexibility index (Phi) is 4.14. The maximum absolute atomic E-state index is 12.7. The average molecular weight is 407 g/mol. The van der Waals surface area contributed by atoms with Crippen LogP contribution in [0.25, 0.3) is 0 Å². The van der Waals surface area contributed by atoms with Crippen molar-refractivity contribution in [3.63, 3.8) is 0 Å². The number of carbonyl (C=O) groups is 1. The summed E-state index contributed by atoms with van der Waals surface area (Å²) in [5.74, 6) is 0.0548. The van der Waals surface area contributed by atoms with Gasteiger partial charge in [0, 0.05) is 10.9 Å². The first-order valence-corrected chi connectivity index (χ1v) is 9.96. The van der Waals surface area contributed by atoms with Gasteiger partial charge in [-0.05, 0) is 37.1 Å². The summed E-state index contributed by atoms with van der Waals surface area (Å²) >= 11 is 5.26. The van der Waals surface area contributed by atoms with E-state index in [1.54, 1.807) is 16.2 Å². The Morgan fingerprint density at radius 1 is 1.33 bits per heavy atom. The van der Waals surface area contributed by atoms with Crippen LogP contribution in [0.1, 0.15) is 46.4 Å². The number of thiophene rings is 1. The Balaban J connectivity index is 1.66. The molecule has 0 spiro atoms.